The lowest BCUT2D eigenvalue weighted by Crippen LogP contribution is -2.50. The molecule has 2 heterocycles. The molecule has 0 unspecified atom stereocenters. The van der Waals surface area contributed by atoms with Gasteiger partial charge in [-0.25, -0.2) is 8.42 Å². The fourth-order valence-corrected chi connectivity index (χ4v) is 6.18. The lowest BCUT2D eigenvalue weighted by molar-refractivity contribution is 0.440. The summed E-state index contributed by atoms with van der Waals surface area (Å²) in [6.07, 6.45) is 2.86. The van der Waals surface area contributed by atoms with Gasteiger partial charge in [0.2, 0.25) is 0 Å². The average Bonchev–Trinajstić information content (AvgIpc) is 1.99. The van der Waals surface area contributed by atoms with E-state index in [1.165, 1.54) is 0 Å². The van der Waals surface area contributed by atoms with Crippen LogP contribution < -0.4 is 0 Å². The Morgan fingerprint density at radius 3 is 1.62 bits per heavy atom. The monoisotopic (exact) mass is 242 g/mol. The average molecular weight is 243 g/mol. The van der Waals surface area contributed by atoms with E-state index in [2.05, 4.69) is 0 Å². The van der Waals surface area contributed by atoms with Gasteiger partial charge >= 0.3 is 0 Å². The van der Waals surface area contributed by atoms with Crippen molar-refractivity contribution < 1.29 is 8.42 Å². The smallest absolute Gasteiger partial charge is 0.158 e. The first kappa shape index (κ1) is 10.1. The molecule has 2 nitrogen and oxygen atoms in total. The minimum Gasteiger partial charge on any atom is -0.228 e. The van der Waals surface area contributed by atoms with E-state index in [4.69, 9.17) is 23.2 Å². The van der Waals surface area contributed by atoms with Crippen LogP contribution in [0, 0.1) is 0 Å². The maximum atomic E-state index is 11.8. The van der Waals surface area contributed by atoms with Crippen molar-refractivity contribution >= 4 is 33.0 Å². The lowest BCUT2D eigenvalue weighted by atomic mass is 9.98. The predicted molar refractivity (Wildman–Crippen MR) is 54.2 cm³/mol. The van der Waals surface area contributed by atoms with Crippen molar-refractivity contribution in [2.45, 2.75) is 46.9 Å². The number of halogens is 2. The summed E-state index contributed by atoms with van der Waals surface area (Å²) in [7, 11) is -3.03. The second-order valence-electron chi connectivity index (χ2n) is 3.85. The van der Waals surface area contributed by atoms with Gasteiger partial charge in [0.05, 0.1) is 21.3 Å². The molecule has 0 aromatic carbocycles. The molecule has 0 amide bonds. The maximum absolute atomic E-state index is 11.8. The van der Waals surface area contributed by atoms with E-state index >= 15 is 0 Å². The van der Waals surface area contributed by atoms with Crippen LogP contribution in [0.25, 0.3) is 0 Å². The van der Waals surface area contributed by atoms with Crippen molar-refractivity contribution in [1.82, 2.24) is 0 Å². The van der Waals surface area contributed by atoms with Gasteiger partial charge in [0.25, 0.3) is 0 Å². The molecule has 0 N–H and O–H groups in total. The van der Waals surface area contributed by atoms with Crippen LogP contribution in [0.5, 0.6) is 0 Å². The Kier molecular flexibility index (Phi) is 2.54. The summed E-state index contributed by atoms with van der Waals surface area (Å²) in [5.74, 6) is 0. The first-order valence-electron chi connectivity index (χ1n) is 4.54. The third-order valence-corrected chi connectivity index (χ3v) is 7.26. The van der Waals surface area contributed by atoms with E-state index in [0.717, 1.165) is 12.8 Å². The van der Waals surface area contributed by atoms with Crippen molar-refractivity contribution in [1.29, 1.82) is 0 Å². The van der Waals surface area contributed by atoms with Gasteiger partial charge in [0.15, 0.2) is 9.84 Å². The van der Waals surface area contributed by atoms with Crippen LogP contribution in [0.3, 0.4) is 0 Å². The molecule has 2 fully saturated rings. The van der Waals surface area contributed by atoms with Gasteiger partial charge in [-0.1, -0.05) is 0 Å². The SMILES string of the molecule is O=S1(=O)[C@H]2CC[C@H](Cl)[C@@H]1CC[C@@H]2Cl. The highest BCUT2D eigenvalue weighted by Crippen LogP contribution is 2.40. The van der Waals surface area contributed by atoms with Gasteiger partial charge in [0.1, 0.15) is 0 Å². The summed E-state index contributed by atoms with van der Waals surface area (Å²) in [6.45, 7) is 0. The number of hydrogen-bond donors (Lipinski definition) is 0. The molecule has 2 bridgehead atoms. The van der Waals surface area contributed by atoms with Gasteiger partial charge in [-0.3, -0.25) is 0 Å². The quantitative estimate of drug-likeness (QED) is 0.609. The van der Waals surface area contributed by atoms with Crippen molar-refractivity contribution in [3.05, 3.63) is 0 Å². The van der Waals surface area contributed by atoms with E-state index in [9.17, 15) is 8.42 Å². The minimum absolute atomic E-state index is 0.189. The topological polar surface area (TPSA) is 34.1 Å². The molecule has 0 aromatic rings. The molecule has 2 saturated heterocycles. The van der Waals surface area contributed by atoms with Crippen LogP contribution in [0.15, 0.2) is 0 Å². The standard InChI is InChI=1S/C8H12Cl2O2S/c9-5-1-3-7-6(10)2-4-8(5)13(7,11)12/h5-8H,1-4H2/t5-,6-,7-,8-/m0/s1. The molecular formula is C8H12Cl2O2S. The predicted octanol–water partition coefficient (Wildman–Crippen LogP) is 1.94. The molecule has 0 aliphatic carbocycles. The first-order chi connectivity index (χ1) is 6.03. The maximum Gasteiger partial charge on any atom is 0.158 e. The molecule has 76 valence electrons. The van der Waals surface area contributed by atoms with Crippen molar-refractivity contribution in [3.8, 4) is 0 Å². The fourth-order valence-electron chi connectivity index (χ4n) is 2.35. The zero-order valence-corrected chi connectivity index (χ0v) is 9.45. The molecule has 0 spiro atoms. The van der Waals surface area contributed by atoms with Crippen LogP contribution in [0.2, 0.25) is 0 Å². The Morgan fingerprint density at radius 1 is 0.846 bits per heavy atom. The van der Waals surface area contributed by atoms with Gasteiger partial charge < -0.3 is 0 Å². The molecule has 5 heteroatoms. The number of hydrogen-bond acceptors (Lipinski definition) is 2. The number of fused-ring (bicyclic) bond motifs is 2. The Labute approximate surface area is 88.5 Å². The first-order valence-corrected chi connectivity index (χ1v) is 7.02. The Morgan fingerprint density at radius 2 is 1.23 bits per heavy atom. The second kappa shape index (κ2) is 3.28. The molecule has 0 aromatic heterocycles. The molecule has 2 aliphatic heterocycles. The Hall–Kier alpha value is 0.530. The van der Waals surface area contributed by atoms with E-state index < -0.39 is 9.84 Å². The molecule has 2 aliphatic rings. The van der Waals surface area contributed by atoms with Crippen molar-refractivity contribution in [2.75, 3.05) is 0 Å². The summed E-state index contributed by atoms with van der Waals surface area (Å²) >= 11 is 12.0. The van der Waals surface area contributed by atoms with Gasteiger partial charge in [-0.2, -0.15) is 0 Å². The number of alkyl halides is 2. The largest absolute Gasteiger partial charge is 0.228 e. The summed E-state index contributed by atoms with van der Waals surface area (Å²) in [5, 5.41) is -1.04. The summed E-state index contributed by atoms with van der Waals surface area (Å²) in [5.41, 5.74) is 0. The minimum atomic E-state index is -3.03. The van der Waals surface area contributed by atoms with E-state index in [1.54, 1.807) is 0 Å². The third kappa shape index (κ3) is 1.49. The molecule has 13 heavy (non-hydrogen) atoms. The van der Waals surface area contributed by atoms with Gasteiger partial charge in [0, 0.05) is 0 Å². The second-order valence-corrected chi connectivity index (χ2v) is 7.36. The van der Waals surface area contributed by atoms with Crippen LogP contribution in [-0.2, 0) is 9.84 Å². The number of sulfone groups is 1. The summed E-state index contributed by atoms with van der Waals surface area (Å²) in [4.78, 5) is 0. The normalized spacial score (nSPS) is 48.8. The summed E-state index contributed by atoms with van der Waals surface area (Å²) in [6, 6.07) is 0. The van der Waals surface area contributed by atoms with Crippen LogP contribution in [0.1, 0.15) is 25.7 Å². The fraction of sp³-hybridized carbons (Fsp3) is 1.00. The molecule has 0 saturated carbocycles. The molecule has 0 radical (unpaired) electrons. The highest BCUT2D eigenvalue weighted by atomic mass is 35.5. The third-order valence-electron chi connectivity index (χ3n) is 3.10. The summed E-state index contributed by atoms with van der Waals surface area (Å²) < 4.78 is 23.7. The van der Waals surface area contributed by atoms with Crippen LogP contribution >= 0.6 is 23.2 Å². The molecular weight excluding hydrogens is 231 g/mol. The highest BCUT2D eigenvalue weighted by molar-refractivity contribution is 7.93. The Bertz CT molecular complexity index is 277. The van der Waals surface area contributed by atoms with E-state index in [1.807, 2.05) is 0 Å². The van der Waals surface area contributed by atoms with E-state index in [-0.39, 0.29) is 21.3 Å². The van der Waals surface area contributed by atoms with Crippen molar-refractivity contribution in [2.24, 2.45) is 0 Å². The van der Waals surface area contributed by atoms with Crippen molar-refractivity contribution in [3.63, 3.8) is 0 Å². The van der Waals surface area contributed by atoms with Gasteiger partial charge in [-0.15, -0.1) is 23.2 Å². The highest BCUT2D eigenvalue weighted by Gasteiger charge is 2.48. The zero-order chi connectivity index (χ0) is 9.64. The van der Waals surface area contributed by atoms with Crippen LogP contribution in [0.4, 0.5) is 0 Å². The molecule has 4 atom stereocenters. The Balaban J connectivity index is 2.36. The lowest BCUT2D eigenvalue weighted by Gasteiger charge is -2.39. The zero-order valence-electron chi connectivity index (χ0n) is 7.12. The van der Waals surface area contributed by atoms with E-state index in [0.29, 0.717) is 12.8 Å². The number of rotatable bonds is 0. The molecule has 2 rings (SSSR count). The van der Waals surface area contributed by atoms with Crippen LogP contribution in [-0.4, -0.2) is 29.7 Å². The van der Waals surface area contributed by atoms with Gasteiger partial charge in [-0.05, 0) is 25.7 Å².